The minimum absolute atomic E-state index is 0.0184. The van der Waals surface area contributed by atoms with Crippen LogP contribution in [-0.2, 0) is 0 Å². The Morgan fingerprint density at radius 2 is 1.74 bits per heavy atom. The molecule has 0 aromatic heterocycles. The normalized spacial score (nSPS) is 10.0. The van der Waals surface area contributed by atoms with Crippen LogP contribution in [0.5, 0.6) is 0 Å². The predicted molar refractivity (Wildman–Crippen MR) is 83.4 cm³/mol. The van der Waals surface area contributed by atoms with Gasteiger partial charge in [0.15, 0.2) is 0 Å². The summed E-state index contributed by atoms with van der Waals surface area (Å²) >= 11 is 0. The third kappa shape index (κ3) is 4.50. The van der Waals surface area contributed by atoms with Gasteiger partial charge >= 0.3 is 6.03 Å². The van der Waals surface area contributed by atoms with E-state index in [2.05, 4.69) is 16.0 Å². The fraction of sp³-hybridized carbons (Fsp3) is 0.125. The Hall–Kier alpha value is -2.96. The van der Waals surface area contributed by atoms with Crippen molar-refractivity contribution in [3.05, 3.63) is 59.7 Å². The fourth-order valence-corrected chi connectivity index (χ4v) is 1.92. The molecule has 0 fully saturated rings. The number of benzene rings is 2. The number of halogens is 2. The van der Waals surface area contributed by atoms with Gasteiger partial charge in [-0.25, -0.2) is 13.6 Å². The van der Waals surface area contributed by atoms with Crippen molar-refractivity contribution in [1.29, 1.82) is 0 Å². The molecule has 0 radical (unpaired) electrons. The summed E-state index contributed by atoms with van der Waals surface area (Å²) in [5.41, 5.74) is 0.381. The van der Waals surface area contributed by atoms with E-state index in [1.807, 2.05) is 0 Å². The number of anilines is 2. The molecule has 0 aliphatic carbocycles. The summed E-state index contributed by atoms with van der Waals surface area (Å²) < 4.78 is 26.5. The van der Waals surface area contributed by atoms with Crippen LogP contribution in [0.15, 0.2) is 42.5 Å². The third-order valence-electron chi connectivity index (χ3n) is 2.89. The van der Waals surface area contributed by atoms with Crippen molar-refractivity contribution in [3.63, 3.8) is 0 Å². The van der Waals surface area contributed by atoms with Gasteiger partial charge in [-0.1, -0.05) is 6.07 Å². The van der Waals surface area contributed by atoms with Crippen LogP contribution in [0.25, 0.3) is 0 Å². The Kier molecular flexibility index (Phi) is 5.24. The van der Waals surface area contributed by atoms with Crippen molar-refractivity contribution in [2.75, 3.05) is 17.2 Å². The first kappa shape index (κ1) is 16.4. The average Bonchev–Trinajstić information content (AvgIpc) is 2.47. The van der Waals surface area contributed by atoms with Crippen molar-refractivity contribution >= 4 is 23.3 Å². The van der Waals surface area contributed by atoms with Gasteiger partial charge in [-0.2, -0.15) is 0 Å². The minimum atomic E-state index is -0.716. The van der Waals surface area contributed by atoms with Crippen LogP contribution in [0.2, 0.25) is 0 Å². The van der Waals surface area contributed by atoms with Gasteiger partial charge in [0.05, 0.1) is 11.3 Å². The third-order valence-corrected chi connectivity index (χ3v) is 2.89. The van der Waals surface area contributed by atoms with E-state index in [1.165, 1.54) is 24.3 Å². The van der Waals surface area contributed by atoms with Gasteiger partial charge < -0.3 is 16.0 Å². The second kappa shape index (κ2) is 7.35. The summed E-state index contributed by atoms with van der Waals surface area (Å²) in [5.74, 6) is -1.54. The highest BCUT2D eigenvalue weighted by atomic mass is 19.1. The Labute approximate surface area is 131 Å². The Morgan fingerprint density at radius 3 is 2.43 bits per heavy atom. The first-order valence-electron chi connectivity index (χ1n) is 6.91. The smallest absolute Gasteiger partial charge is 0.323 e. The summed E-state index contributed by atoms with van der Waals surface area (Å²) in [6, 6.07) is 8.03. The van der Waals surface area contributed by atoms with Crippen molar-refractivity contribution in [2.24, 2.45) is 0 Å². The summed E-state index contributed by atoms with van der Waals surface area (Å²) in [5, 5.41) is 7.36. The molecule has 120 valence electrons. The molecule has 2 aromatic rings. The molecule has 0 spiro atoms. The zero-order valence-corrected chi connectivity index (χ0v) is 12.3. The highest BCUT2D eigenvalue weighted by Gasteiger charge is 2.14. The Morgan fingerprint density at radius 1 is 1.00 bits per heavy atom. The van der Waals surface area contributed by atoms with Crippen LogP contribution in [0.4, 0.5) is 25.0 Å². The molecule has 0 aliphatic heterocycles. The molecular weight excluding hydrogens is 304 g/mol. The Bertz CT molecular complexity index is 735. The monoisotopic (exact) mass is 319 g/mol. The molecule has 3 N–H and O–H groups in total. The van der Waals surface area contributed by atoms with E-state index < -0.39 is 23.6 Å². The molecule has 0 saturated carbocycles. The first-order valence-corrected chi connectivity index (χ1v) is 6.91. The maximum Gasteiger partial charge on any atom is 0.323 e. The van der Waals surface area contributed by atoms with Crippen LogP contribution in [0.1, 0.15) is 17.3 Å². The largest absolute Gasteiger partial charge is 0.352 e. The van der Waals surface area contributed by atoms with Crippen LogP contribution in [0, 0.1) is 11.6 Å². The van der Waals surface area contributed by atoms with Crippen LogP contribution < -0.4 is 16.0 Å². The van der Waals surface area contributed by atoms with Gasteiger partial charge in [-0.15, -0.1) is 0 Å². The van der Waals surface area contributed by atoms with Gasteiger partial charge in [-0.05, 0) is 43.3 Å². The molecule has 7 heteroatoms. The van der Waals surface area contributed by atoms with E-state index in [9.17, 15) is 18.4 Å². The molecule has 0 aliphatic rings. The van der Waals surface area contributed by atoms with Crippen LogP contribution in [0.3, 0.4) is 0 Å². The fourth-order valence-electron chi connectivity index (χ4n) is 1.92. The van der Waals surface area contributed by atoms with Crippen molar-refractivity contribution in [3.8, 4) is 0 Å². The number of nitrogens with one attached hydrogen (secondary N) is 3. The number of carbonyl (C=O) groups is 2. The number of hydrogen-bond donors (Lipinski definition) is 3. The molecule has 2 aromatic carbocycles. The second-order valence-corrected chi connectivity index (χ2v) is 4.64. The lowest BCUT2D eigenvalue weighted by atomic mass is 10.1. The van der Waals surface area contributed by atoms with Crippen molar-refractivity contribution in [2.45, 2.75) is 6.92 Å². The van der Waals surface area contributed by atoms with E-state index in [0.29, 0.717) is 6.54 Å². The summed E-state index contributed by atoms with van der Waals surface area (Å²) in [6.07, 6.45) is 0. The van der Waals surface area contributed by atoms with Crippen molar-refractivity contribution in [1.82, 2.24) is 5.32 Å². The van der Waals surface area contributed by atoms with E-state index in [4.69, 9.17) is 0 Å². The molecule has 0 atom stereocenters. The number of hydrogen-bond acceptors (Lipinski definition) is 2. The predicted octanol–water partition coefficient (Wildman–Crippen LogP) is 3.36. The van der Waals surface area contributed by atoms with Gasteiger partial charge in [0.1, 0.15) is 11.6 Å². The molecule has 2 rings (SSSR count). The van der Waals surface area contributed by atoms with E-state index in [-0.39, 0.29) is 16.9 Å². The zero-order chi connectivity index (χ0) is 16.8. The van der Waals surface area contributed by atoms with Crippen LogP contribution >= 0.6 is 0 Å². The Balaban J connectivity index is 2.16. The van der Waals surface area contributed by atoms with E-state index >= 15 is 0 Å². The average molecular weight is 319 g/mol. The molecule has 5 nitrogen and oxygen atoms in total. The zero-order valence-electron chi connectivity index (χ0n) is 12.3. The molecular formula is C16H15F2N3O2. The highest BCUT2D eigenvalue weighted by Crippen LogP contribution is 2.18. The maximum absolute atomic E-state index is 13.4. The standard InChI is InChI=1S/C16H15F2N3O2/c1-2-19-15(22)13-7-6-11(18)9-14(13)21-16(23)20-12-5-3-4-10(17)8-12/h3-9H,2H2,1H3,(H,19,22)(H2,20,21,23). The highest BCUT2D eigenvalue weighted by molar-refractivity contribution is 6.06. The summed E-state index contributed by atoms with van der Waals surface area (Å²) in [7, 11) is 0. The quantitative estimate of drug-likeness (QED) is 0.809. The molecule has 0 bridgehead atoms. The molecule has 0 heterocycles. The lowest BCUT2D eigenvalue weighted by Gasteiger charge is -2.12. The van der Waals surface area contributed by atoms with E-state index in [1.54, 1.807) is 6.92 Å². The van der Waals surface area contributed by atoms with Gasteiger partial charge in [-0.3, -0.25) is 4.79 Å². The summed E-state index contributed by atoms with van der Waals surface area (Å²) in [6.45, 7) is 2.14. The lowest BCUT2D eigenvalue weighted by Crippen LogP contribution is -2.26. The maximum atomic E-state index is 13.4. The lowest BCUT2D eigenvalue weighted by molar-refractivity contribution is 0.0956. The van der Waals surface area contributed by atoms with Gasteiger partial charge in [0.25, 0.3) is 5.91 Å². The number of urea groups is 1. The molecule has 0 unspecified atom stereocenters. The second-order valence-electron chi connectivity index (χ2n) is 4.64. The van der Waals surface area contributed by atoms with E-state index in [0.717, 1.165) is 18.2 Å². The van der Waals surface area contributed by atoms with Gasteiger partial charge in [0.2, 0.25) is 0 Å². The number of carbonyl (C=O) groups excluding carboxylic acids is 2. The minimum Gasteiger partial charge on any atom is -0.352 e. The summed E-state index contributed by atoms with van der Waals surface area (Å²) in [4.78, 5) is 23.8. The number of rotatable bonds is 4. The molecule has 0 saturated heterocycles. The SMILES string of the molecule is CCNC(=O)c1ccc(F)cc1NC(=O)Nc1cccc(F)c1. The molecule has 3 amide bonds. The number of amides is 3. The van der Waals surface area contributed by atoms with Crippen molar-refractivity contribution < 1.29 is 18.4 Å². The van der Waals surface area contributed by atoms with Gasteiger partial charge in [0, 0.05) is 12.2 Å². The first-order chi connectivity index (χ1) is 11.0. The van der Waals surface area contributed by atoms with Crippen LogP contribution in [-0.4, -0.2) is 18.5 Å². The molecule has 23 heavy (non-hydrogen) atoms. The topological polar surface area (TPSA) is 70.2 Å².